The summed E-state index contributed by atoms with van der Waals surface area (Å²) in [5, 5.41) is 67.0. The van der Waals surface area contributed by atoms with Crippen molar-refractivity contribution in [2.45, 2.75) is 61.3 Å². The quantitative estimate of drug-likeness (QED) is 0.243. The summed E-state index contributed by atoms with van der Waals surface area (Å²) in [4.78, 5) is 0. The minimum atomic E-state index is -1.67. The van der Waals surface area contributed by atoms with Crippen LogP contribution in [0.2, 0.25) is 0 Å². The second-order valence-electron chi connectivity index (χ2n) is 5.62. The fourth-order valence-corrected chi connectivity index (χ4v) is 2.54. The van der Waals surface area contributed by atoms with Gasteiger partial charge in [0.2, 0.25) is 0 Å². The van der Waals surface area contributed by atoms with Gasteiger partial charge in [-0.1, -0.05) is 0 Å². The third kappa shape index (κ3) is 3.65. The van der Waals surface area contributed by atoms with Crippen LogP contribution < -0.4 is 5.73 Å². The monoisotopic (exact) mass is 341 g/mol. The van der Waals surface area contributed by atoms with Crippen LogP contribution in [-0.2, 0) is 14.2 Å². The molecule has 0 aliphatic carbocycles. The zero-order valence-corrected chi connectivity index (χ0v) is 12.1. The number of rotatable bonds is 4. The van der Waals surface area contributed by atoms with Crippen molar-refractivity contribution in [1.29, 1.82) is 0 Å². The fourth-order valence-electron chi connectivity index (χ4n) is 2.54. The maximum absolute atomic E-state index is 9.88. The predicted molar refractivity (Wildman–Crippen MR) is 70.6 cm³/mol. The van der Waals surface area contributed by atoms with Crippen molar-refractivity contribution in [3.8, 4) is 0 Å². The highest BCUT2D eigenvalue weighted by molar-refractivity contribution is 4.93. The number of ether oxygens (including phenoxy) is 3. The Hall–Kier alpha value is -0.440. The smallest absolute Gasteiger partial charge is 0.189 e. The molecule has 11 nitrogen and oxygen atoms in total. The van der Waals surface area contributed by atoms with Gasteiger partial charge in [0.05, 0.1) is 19.3 Å². The number of hydrogen-bond acceptors (Lipinski definition) is 11. The summed E-state index contributed by atoms with van der Waals surface area (Å²) in [6.45, 7) is -1.25. The van der Waals surface area contributed by atoms with Crippen LogP contribution >= 0.6 is 0 Å². The lowest BCUT2D eigenvalue weighted by molar-refractivity contribution is -0.361. The van der Waals surface area contributed by atoms with Crippen molar-refractivity contribution in [2.24, 2.45) is 5.73 Å². The molecule has 23 heavy (non-hydrogen) atoms. The second-order valence-corrected chi connectivity index (χ2v) is 5.62. The average Bonchev–Trinajstić information content (AvgIpc) is 2.55. The Balaban J connectivity index is 2.07. The number of aliphatic hydroxyl groups excluding tert-OH is 7. The van der Waals surface area contributed by atoms with E-state index in [-0.39, 0.29) is 0 Å². The molecule has 0 amide bonds. The topological polar surface area (TPSA) is 195 Å². The van der Waals surface area contributed by atoms with Crippen LogP contribution in [0.3, 0.4) is 0 Å². The number of aliphatic hydroxyl groups is 7. The molecule has 0 saturated carbocycles. The summed E-state index contributed by atoms with van der Waals surface area (Å²) in [6, 6.07) is -1.22. The van der Waals surface area contributed by atoms with Crippen LogP contribution in [0.25, 0.3) is 0 Å². The van der Waals surface area contributed by atoms with Crippen molar-refractivity contribution in [1.82, 2.24) is 0 Å². The van der Waals surface area contributed by atoms with Gasteiger partial charge in [-0.2, -0.15) is 0 Å². The van der Waals surface area contributed by atoms with Gasteiger partial charge in [0, 0.05) is 0 Å². The van der Waals surface area contributed by atoms with Gasteiger partial charge in [-0.25, -0.2) is 0 Å². The SMILES string of the molecule is NC1C(O)[C@H](O)C(CO)O[C@@H]1O[C@H]1OC(CO)[C@@H](O)C(O)C1O. The van der Waals surface area contributed by atoms with Gasteiger partial charge in [-0.3, -0.25) is 0 Å². The first-order valence-corrected chi connectivity index (χ1v) is 7.15. The van der Waals surface area contributed by atoms with Crippen molar-refractivity contribution < 1.29 is 50.0 Å². The first-order valence-electron chi connectivity index (χ1n) is 7.15. The highest BCUT2D eigenvalue weighted by atomic mass is 16.8. The van der Waals surface area contributed by atoms with Crippen LogP contribution in [0.5, 0.6) is 0 Å². The molecule has 2 aliphatic heterocycles. The summed E-state index contributed by atoms with van der Waals surface area (Å²) in [6.07, 6.45) is -13.0. The van der Waals surface area contributed by atoms with Gasteiger partial charge in [0.15, 0.2) is 12.6 Å². The minimum absolute atomic E-state index is 0.612. The van der Waals surface area contributed by atoms with E-state index in [1.165, 1.54) is 0 Å². The maximum atomic E-state index is 9.88. The van der Waals surface area contributed by atoms with Crippen LogP contribution in [0.15, 0.2) is 0 Å². The van der Waals surface area contributed by atoms with Crippen LogP contribution in [0.1, 0.15) is 0 Å². The molecule has 9 N–H and O–H groups in total. The van der Waals surface area contributed by atoms with Gasteiger partial charge in [-0.05, 0) is 0 Å². The van der Waals surface area contributed by atoms with Crippen molar-refractivity contribution in [3.05, 3.63) is 0 Å². The van der Waals surface area contributed by atoms with Gasteiger partial charge in [0.1, 0.15) is 42.7 Å². The van der Waals surface area contributed by atoms with Gasteiger partial charge < -0.3 is 55.7 Å². The second kappa shape index (κ2) is 7.63. The largest absolute Gasteiger partial charge is 0.394 e. The molecule has 0 aromatic rings. The lowest BCUT2D eigenvalue weighted by Gasteiger charge is -2.45. The van der Waals surface area contributed by atoms with E-state index in [1.807, 2.05) is 0 Å². The maximum Gasteiger partial charge on any atom is 0.189 e. The molecule has 2 heterocycles. The molecule has 2 fully saturated rings. The molecule has 6 unspecified atom stereocenters. The zero-order valence-electron chi connectivity index (χ0n) is 12.1. The highest BCUT2D eigenvalue weighted by Crippen LogP contribution is 2.27. The third-order valence-electron chi connectivity index (χ3n) is 4.05. The van der Waals surface area contributed by atoms with Crippen LogP contribution in [-0.4, -0.2) is 110 Å². The summed E-state index contributed by atoms with van der Waals surface area (Å²) in [5.41, 5.74) is 5.68. The van der Waals surface area contributed by atoms with E-state index in [0.717, 1.165) is 0 Å². The van der Waals surface area contributed by atoms with E-state index in [0.29, 0.717) is 0 Å². The van der Waals surface area contributed by atoms with E-state index < -0.39 is 74.6 Å². The van der Waals surface area contributed by atoms with Crippen molar-refractivity contribution >= 4 is 0 Å². The summed E-state index contributed by atoms with van der Waals surface area (Å²) in [5.74, 6) is 0. The molecule has 136 valence electrons. The van der Waals surface area contributed by atoms with E-state index in [9.17, 15) is 25.5 Å². The molecule has 2 rings (SSSR count). The van der Waals surface area contributed by atoms with E-state index >= 15 is 0 Å². The molecule has 0 spiro atoms. The van der Waals surface area contributed by atoms with Gasteiger partial charge in [-0.15, -0.1) is 0 Å². The van der Waals surface area contributed by atoms with Crippen LogP contribution in [0.4, 0.5) is 0 Å². The zero-order chi connectivity index (χ0) is 17.3. The average molecular weight is 341 g/mol. The molecule has 2 aliphatic rings. The molecule has 0 radical (unpaired) electrons. The number of hydrogen-bond donors (Lipinski definition) is 8. The first kappa shape index (κ1) is 18.9. The Morgan fingerprint density at radius 2 is 1.17 bits per heavy atom. The molecule has 11 heteroatoms. The highest BCUT2D eigenvalue weighted by Gasteiger charge is 2.48. The lowest BCUT2D eigenvalue weighted by atomic mass is 9.97. The summed E-state index contributed by atoms with van der Waals surface area (Å²) in [7, 11) is 0. The molecule has 2 saturated heterocycles. The molecular weight excluding hydrogens is 318 g/mol. The Morgan fingerprint density at radius 3 is 1.70 bits per heavy atom. The van der Waals surface area contributed by atoms with Crippen molar-refractivity contribution in [3.63, 3.8) is 0 Å². The minimum Gasteiger partial charge on any atom is -0.394 e. The Morgan fingerprint density at radius 1 is 0.696 bits per heavy atom. The van der Waals surface area contributed by atoms with Crippen molar-refractivity contribution in [2.75, 3.05) is 13.2 Å². The Kier molecular flexibility index (Phi) is 6.27. The third-order valence-corrected chi connectivity index (χ3v) is 4.05. The Labute approximate surface area is 131 Å². The van der Waals surface area contributed by atoms with E-state index in [4.69, 9.17) is 30.2 Å². The van der Waals surface area contributed by atoms with E-state index in [2.05, 4.69) is 0 Å². The Bertz CT molecular complexity index is 349. The fraction of sp³-hybridized carbons (Fsp3) is 1.00. The van der Waals surface area contributed by atoms with Crippen LogP contribution in [0, 0.1) is 0 Å². The molecular formula is C12H23NO10. The summed E-state index contributed by atoms with van der Waals surface area (Å²) >= 11 is 0. The van der Waals surface area contributed by atoms with E-state index in [1.54, 1.807) is 0 Å². The molecule has 0 aromatic carbocycles. The normalized spacial score (nSPS) is 51.7. The predicted octanol–water partition coefficient (Wildman–Crippen LogP) is -5.43. The standard InChI is InChI=1S/C12H23NO10/c13-5-8(18)6(16)3(1-14)21-11(5)23-12-10(20)9(19)7(17)4(2-15)22-12/h3-12,14-20H,1-2,13H2/t3?,4?,5?,6-,7-,8?,9?,10?,11-,12-/m1/s1. The first-order chi connectivity index (χ1) is 10.8. The molecule has 0 aromatic heterocycles. The molecule has 0 bridgehead atoms. The molecule has 10 atom stereocenters. The van der Waals surface area contributed by atoms with Gasteiger partial charge >= 0.3 is 0 Å². The van der Waals surface area contributed by atoms with Gasteiger partial charge in [0.25, 0.3) is 0 Å². The number of nitrogens with two attached hydrogens (primary N) is 1. The summed E-state index contributed by atoms with van der Waals surface area (Å²) < 4.78 is 15.6. The lowest BCUT2D eigenvalue weighted by Crippen LogP contribution is -2.65.